The van der Waals surface area contributed by atoms with E-state index in [0.29, 0.717) is 0 Å². The van der Waals surface area contributed by atoms with E-state index in [1.54, 1.807) is 0 Å². The Morgan fingerprint density at radius 2 is 1.00 bits per heavy atom. The summed E-state index contributed by atoms with van der Waals surface area (Å²) in [5.41, 5.74) is 0. The molecule has 0 rings (SSSR count). The minimum Gasteiger partial charge on any atom is 0 e. The molecule has 0 aromatic rings. The monoisotopic (exact) mass is 250 g/mol. The summed E-state index contributed by atoms with van der Waals surface area (Å²) in [6.45, 7) is 0. The van der Waals surface area contributed by atoms with Crippen molar-refractivity contribution in [1.29, 1.82) is 0 Å². The van der Waals surface area contributed by atoms with E-state index in [0.717, 1.165) is 0 Å². The van der Waals surface area contributed by atoms with Gasteiger partial charge in [-0.25, -0.2) is 0 Å². The van der Waals surface area contributed by atoms with Gasteiger partial charge >= 0.3 is 23.9 Å². The van der Waals surface area contributed by atoms with E-state index in [1.807, 2.05) is 0 Å². The fourth-order valence-corrected chi connectivity index (χ4v) is 0. The molecule has 20 valence electrons. The molecule has 0 aliphatic heterocycles. The van der Waals surface area contributed by atoms with Gasteiger partial charge < -0.3 is 0 Å². The van der Waals surface area contributed by atoms with E-state index < -0.39 is 0 Å². The van der Waals surface area contributed by atoms with Crippen LogP contribution in [-0.2, 0) is 40.3 Å². The summed E-state index contributed by atoms with van der Waals surface area (Å²) < 4.78 is 0. The van der Waals surface area contributed by atoms with Crippen molar-refractivity contribution in [2.75, 3.05) is 0 Å². The Kier molecular flexibility index (Phi) is 133. The SMILES string of the molecule is [AlH3].[SnH].[Ti].[V]. The van der Waals surface area contributed by atoms with Crippen molar-refractivity contribution in [3.05, 3.63) is 0 Å². The summed E-state index contributed by atoms with van der Waals surface area (Å²) in [5.74, 6) is 0. The first-order valence-corrected chi connectivity index (χ1v) is 0. The molecule has 0 aromatic carbocycles. The first-order chi connectivity index (χ1) is 0. The smallest absolute Gasteiger partial charge is 0 e. The normalized spacial score (nSPS) is 0. The van der Waals surface area contributed by atoms with Crippen LogP contribution < -0.4 is 0 Å². The predicted octanol–water partition coefficient (Wildman–Crippen LogP) is -1.84. The average molecular weight is 249 g/mol. The molecular formula is H4AlSnTiV. The summed E-state index contributed by atoms with van der Waals surface area (Å²) in [5, 5.41) is 0. The maximum atomic E-state index is 0. The van der Waals surface area contributed by atoms with Gasteiger partial charge in [0.15, 0.2) is 17.4 Å². The molecule has 0 saturated heterocycles. The van der Waals surface area contributed by atoms with Crippen LogP contribution in [0.1, 0.15) is 0 Å². The minimum atomic E-state index is 0. The molecule has 0 aliphatic rings. The van der Waals surface area contributed by atoms with Gasteiger partial charge in [0.25, 0.3) is 0 Å². The zero-order valence-corrected chi connectivity index (χ0v) is 7.78. The molecule has 0 unspecified atom stereocenters. The molecule has 0 atom stereocenters. The molecule has 0 saturated carbocycles. The van der Waals surface area contributed by atoms with Crippen LogP contribution >= 0.6 is 0 Å². The Labute approximate surface area is 80.3 Å². The van der Waals surface area contributed by atoms with E-state index in [4.69, 9.17) is 0 Å². The fraction of sp³-hybridized carbons (Fsp3) is 0. The average Bonchev–Trinajstić information content (AvgIpc) is 0. The van der Waals surface area contributed by atoms with Gasteiger partial charge in [-0.15, -0.1) is 0 Å². The van der Waals surface area contributed by atoms with Crippen molar-refractivity contribution in [2.24, 2.45) is 0 Å². The third kappa shape index (κ3) is 8.82. The minimum absolute atomic E-state index is 0. The second-order valence-electron chi connectivity index (χ2n) is 0. The van der Waals surface area contributed by atoms with Crippen LogP contribution in [-0.4, -0.2) is 41.3 Å². The molecule has 0 fully saturated rings. The molecule has 0 N–H and O–H groups in total. The Balaban J connectivity index is 0. The molecular weight excluding hydrogens is 245 g/mol. The number of hydrogen-bond donors (Lipinski definition) is 0. The van der Waals surface area contributed by atoms with E-state index in [-0.39, 0.29) is 81.5 Å². The van der Waals surface area contributed by atoms with Crippen LogP contribution in [0, 0.1) is 0 Å². The summed E-state index contributed by atoms with van der Waals surface area (Å²) in [7, 11) is 0. The van der Waals surface area contributed by atoms with Gasteiger partial charge in [-0.05, 0) is 0 Å². The van der Waals surface area contributed by atoms with Gasteiger partial charge in [0.05, 0.1) is 0 Å². The summed E-state index contributed by atoms with van der Waals surface area (Å²) >= 11 is 0. The Morgan fingerprint density at radius 3 is 1.00 bits per heavy atom. The van der Waals surface area contributed by atoms with Gasteiger partial charge in [-0.1, -0.05) is 0 Å². The Bertz CT molecular complexity index is 8.00. The van der Waals surface area contributed by atoms with Gasteiger partial charge in [0.2, 0.25) is 0 Å². The van der Waals surface area contributed by atoms with E-state index in [2.05, 4.69) is 0 Å². The van der Waals surface area contributed by atoms with Crippen molar-refractivity contribution >= 4 is 41.3 Å². The zero-order valence-electron chi connectivity index (χ0n) is 1.52. The van der Waals surface area contributed by atoms with Crippen LogP contribution in [0.2, 0.25) is 0 Å². The van der Waals surface area contributed by atoms with Crippen LogP contribution in [0.5, 0.6) is 0 Å². The Morgan fingerprint density at radius 1 is 1.00 bits per heavy atom. The van der Waals surface area contributed by atoms with Crippen molar-refractivity contribution in [3.63, 3.8) is 0 Å². The maximum absolute atomic E-state index is 0. The second-order valence-corrected chi connectivity index (χ2v) is 0. The molecule has 4 heteroatoms. The molecule has 0 nitrogen and oxygen atoms in total. The molecule has 0 heterocycles. The van der Waals surface area contributed by atoms with E-state index >= 15 is 0 Å². The number of rotatable bonds is 0. The molecule has 4 heavy (non-hydrogen) atoms. The third-order valence-electron chi connectivity index (χ3n) is 0. The molecule has 4 radical (unpaired) electrons. The fourth-order valence-electron chi connectivity index (χ4n) is 0. The van der Waals surface area contributed by atoms with Crippen LogP contribution in [0.15, 0.2) is 0 Å². The van der Waals surface area contributed by atoms with E-state index in [9.17, 15) is 0 Å². The Hall–Kier alpha value is 2.63. The third-order valence-corrected chi connectivity index (χ3v) is 0. The van der Waals surface area contributed by atoms with Crippen molar-refractivity contribution in [1.82, 2.24) is 0 Å². The zero-order chi connectivity index (χ0) is 0. The van der Waals surface area contributed by atoms with Crippen molar-refractivity contribution in [3.8, 4) is 0 Å². The largest absolute Gasteiger partial charge is 0 e. The van der Waals surface area contributed by atoms with Crippen molar-refractivity contribution in [2.45, 2.75) is 0 Å². The first-order valence-electron chi connectivity index (χ1n) is 0. The molecule has 0 bridgehead atoms. The molecule has 0 aromatic heterocycles. The van der Waals surface area contributed by atoms with Gasteiger partial charge in [0, 0.05) is 40.3 Å². The number of hydrogen-bond acceptors (Lipinski definition) is 0. The van der Waals surface area contributed by atoms with Gasteiger partial charge in [0.1, 0.15) is 0 Å². The molecule has 0 aliphatic carbocycles. The maximum Gasteiger partial charge on any atom is 0 e. The van der Waals surface area contributed by atoms with Gasteiger partial charge in [-0.3, -0.25) is 0 Å². The standard InChI is InChI=1S/Al.Sn.Ti.V.4H. The summed E-state index contributed by atoms with van der Waals surface area (Å²) in [6, 6.07) is 0. The summed E-state index contributed by atoms with van der Waals surface area (Å²) in [4.78, 5) is 0. The van der Waals surface area contributed by atoms with Crippen molar-refractivity contribution < 1.29 is 40.3 Å². The second kappa shape index (κ2) is 17.4. The predicted molar refractivity (Wildman–Crippen MR) is 17.1 cm³/mol. The van der Waals surface area contributed by atoms with Crippen LogP contribution in [0.25, 0.3) is 0 Å². The van der Waals surface area contributed by atoms with E-state index in [1.165, 1.54) is 0 Å². The summed E-state index contributed by atoms with van der Waals surface area (Å²) in [6.07, 6.45) is 0. The molecule has 0 spiro atoms. The van der Waals surface area contributed by atoms with Gasteiger partial charge in [-0.2, -0.15) is 0 Å². The first kappa shape index (κ1) is 30.4. The molecule has 0 amide bonds. The topological polar surface area (TPSA) is 0 Å². The quantitative estimate of drug-likeness (QED) is 0.442. The van der Waals surface area contributed by atoms with Crippen LogP contribution in [0.4, 0.5) is 0 Å². The van der Waals surface area contributed by atoms with Crippen LogP contribution in [0.3, 0.4) is 0 Å².